The van der Waals surface area contributed by atoms with E-state index in [2.05, 4.69) is 12.2 Å². The van der Waals surface area contributed by atoms with Gasteiger partial charge in [-0.15, -0.1) is 0 Å². The van der Waals surface area contributed by atoms with Gasteiger partial charge in [-0.25, -0.2) is 0 Å². The van der Waals surface area contributed by atoms with Crippen molar-refractivity contribution in [3.05, 3.63) is 63.2 Å². The molecule has 2 aromatic carbocycles. The van der Waals surface area contributed by atoms with Crippen LogP contribution in [0, 0.1) is 10.1 Å². The van der Waals surface area contributed by atoms with E-state index < -0.39 is 10.8 Å². The highest BCUT2D eigenvalue weighted by atomic mass is 35.5. The third kappa shape index (κ3) is 4.69. The number of nitro benzene ring substituents is 1. The smallest absolute Gasteiger partial charge is 0.289 e. The van der Waals surface area contributed by atoms with Crippen molar-refractivity contribution in [2.45, 2.75) is 13.3 Å². The summed E-state index contributed by atoms with van der Waals surface area (Å²) in [7, 11) is 0. The molecule has 120 valence electrons. The molecule has 1 amide bonds. The van der Waals surface area contributed by atoms with Crippen molar-refractivity contribution in [3.8, 4) is 5.75 Å². The van der Waals surface area contributed by atoms with E-state index in [1.54, 1.807) is 12.1 Å². The number of nitrogens with one attached hydrogen (secondary N) is 1. The van der Waals surface area contributed by atoms with Crippen LogP contribution in [0.3, 0.4) is 0 Å². The number of rotatable bonds is 6. The molecule has 0 saturated heterocycles. The Bertz CT molecular complexity index is 717. The Morgan fingerprint density at radius 2 is 1.96 bits per heavy atom. The zero-order chi connectivity index (χ0) is 16.8. The van der Waals surface area contributed by atoms with Gasteiger partial charge in [0.1, 0.15) is 10.8 Å². The Hall–Kier alpha value is -2.60. The molecule has 0 unspecified atom stereocenters. The Kier molecular flexibility index (Phi) is 5.54. The van der Waals surface area contributed by atoms with Crippen molar-refractivity contribution in [1.29, 1.82) is 0 Å². The van der Waals surface area contributed by atoms with Crippen molar-refractivity contribution in [1.82, 2.24) is 0 Å². The van der Waals surface area contributed by atoms with Crippen LogP contribution in [0.25, 0.3) is 0 Å². The van der Waals surface area contributed by atoms with Crippen LogP contribution >= 0.6 is 11.6 Å². The summed E-state index contributed by atoms with van der Waals surface area (Å²) >= 11 is 5.71. The number of ether oxygens (including phenoxy) is 1. The summed E-state index contributed by atoms with van der Waals surface area (Å²) in [6.45, 7) is 1.86. The standard InChI is InChI=1S/C16H15ClN2O4/c1-2-11-3-6-13(7-4-11)23-10-16(20)18-12-5-8-14(17)15(9-12)19(21)22/h3-9H,2,10H2,1H3,(H,18,20). The van der Waals surface area contributed by atoms with Gasteiger partial charge in [0.05, 0.1) is 4.92 Å². The number of carbonyl (C=O) groups excluding carboxylic acids is 1. The second-order valence-electron chi connectivity index (χ2n) is 4.76. The SMILES string of the molecule is CCc1ccc(OCC(=O)Nc2ccc(Cl)c([N+](=O)[O-])c2)cc1. The largest absolute Gasteiger partial charge is 0.484 e. The number of halogens is 1. The van der Waals surface area contributed by atoms with Gasteiger partial charge in [-0.2, -0.15) is 0 Å². The van der Waals surface area contributed by atoms with Gasteiger partial charge >= 0.3 is 0 Å². The molecule has 0 aliphatic carbocycles. The van der Waals surface area contributed by atoms with E-state index in [1.165, 1.54) is 23.8 Å². The highest BCUT2D eigenvalue weighted by Gasteiger charge is 2.14. The van der Waals surface area contributed by atoms with Crippen LogP contribution in [0.5, 0.6) is 5.75 Å². The van der Waals surface area contributed by atoms with Gasteiger partial charge in [-0.3, -0.25) is 14.9 Å². The van der Waals surface area contributed by atoms with Crippen LogP contribution in [0.4, 0.5) is 11.4 Å². The second-order valence-corrected chi connectivity index (χ2v) is 5.16. The number of hydrogen-bond donors (Lipinski definition) is 1. The van der Waals surface area contributed by atoms with E-state index in [0.29, 0.717) is 5.75 Å². The summed E-state index contributed by atoms with van der Waals surface area (Å²) in [5, 5.41) is 13.4. The van der Waals surface area contributed by atoms with E-state index in [-0.39, 0.29) is 23.0 Å². The van der Waals surface area contributed by atoms with Gasteiger partial charge in [-0.1, -0.05) is 30.7 Å². The topological polar surface area (TPSA) is 81.5 Å². The Balaban J connectivity index is 1.94. The van der Waals surface area contributed by atoms with E-state index in [9.17, 15) is 14.9 Å². The van der Waals surface area contributed by atoms with Gasteiger partial charge in [0, 0.05) is 11.8 Å². The van der Waals surface area contributed by atoms with Gasteiger partial charge in [-0.05, 0) is 36.2 Å². The first kappa shape index (κ1) is 16.8. The zero-order valence-electron chi connectivity index (χ0n) is 12.4. The first-order valence-corrected chi connectivity index (χ1v) is 7.33. The molecule has 6 nitrogen and oxygen atoms in total. The van der Waals surface area contributed by atoms with Crippen molar-refractivity contribution in [2.75, 3.05) is 11.9 Å². The quantitative estimate of drug-likeness (QED) is 0.643. The maximum absolute atomic E-state index is 11.8. The van der Waals surface area contributed by atoms with Crippen molar-refractivity contribution in [3.63, 3.8) is 0 Å². The van der Waals surface area contributed by atoms with Gasteiger partial charge < -0.3 is 10.1 Å². The third-order valence-corrected chi connectivity index (χ3v) is 3.45. The number of anilines is 1. The molecule has 0 heterocycles. The fourth-order valence-electron chi connectivity index (χ4n) is 1.90. The average molecular weight is 335 g/mol. The highest BCUT2D eigenvalue weighted by molar-refractivity contribution is 6.32. The van der Waals surface area contributed by atoms with Crippen LogP contribution < -0.4 is 10.1 Å². The number of carbonyl (C=O) groups is 1. The number of amides is 1. The van der Waals surface area contributed by atoms with Gasteiger partial charge in [0.15, 0.2) is 6.61 Å². The number of benzene rings is 2. The summed E-state index contributed by atoms with van der Waals surface area (Å²) in [4.78, 5) is 22.0. The van der Waals surface area contributed by atoms with Crippen LogP contribution in [0.15, 0.2) is 42.5 Å². The van der Waals surface area contributed by atoms with Crippen molar-refractivity contribution >= 4 is 28.9 Å². The van der Waals surface area contributed by atoms with E-state index in [0.717, 1.165) is 6.42 Å². The molecule has 2 aromatic rings. The highest BCUT2D eigenvalue weighted by Crippen LogP contribution is 2.27. The molecule has 0 aliphatic heterocycles. The minimum Gasteiger partial charge on any atom is -0.484 e. The van der Waals surface area contributed by atoms with Gasteiger partial charge in [0.2, 0.25) is 0 Å². The number of aryl methyl sites for hydroxylation is 1. The van der Waals surface area contributed by atoms with Crippen LogP contribution in [-0.4, -0.2) is 17.4 Å². The molecule has 0 aromatic heterocycles. The maximum Gasteiger partial charge on any atom is 0.289 e. The molecule has 7 heteroatoms. The average Bonchev–Trinajstić information content (AvgIpc) is 2.55. The van der Waals surface area contributed by atoms with E-state index in [4.69, 9.17) is 16.3 Å². The van der Waals surface area contributed by atoms with Crippen molar-refractivity contribution in [2.24, 2.45) is 0 Å². The summed E-state index contributed by atoms with van der Waals surface area (Å²) in [5.74, 6) is 0.167. The number of hydrogen-bond acceptors (Lipinski definition) is 4. The monoisotopic (exact) mass is 334 g/mol. The summed E-state index contributed by atoms with van der Waals surface area (Å²) in [5.41, 5.74) is 1.20. The predicted molar refractivity (Wildman–Crippen MR) is 88.1 cm³/mol. The minimum atomic E-state index is -0.607. The summed E-state index contributed by atoms with van der Waals surface area (Å²) in [6.07, 6.45) is 0.927. The lowest BCUT2D eigenvalue weighted by Gasteiger charge is -2.08. The zero-order valence-corrected chi connectivity index (χ0v) is 13.2. The maximum atomic E-state index is 11.8. The summed E-state index contributed by atoms with van der Waals surface area (Å²) < 4.78 is 5.37. The van der Waals surface area contributed by atoms with E-state index >= 15 is 0 Å². The van der Waals surface area contributed by atoms with Crippen LogP contribution in [0.2, 0.25) is 5.02 Å². The lowest BCUT2D eigenvalue weighted by Crippen LogP contribution is -2.20. The second kappa shape index (κ2) is 7.60. The molecule has 0 aliphatic rings. The Morgan fingerprint density at radius 3 is 2.57 bits per heavy atom. The molecule has 0 atom stereocenters. The molecular formula is C16H15ClN2O4. The molecule has 0 radical (unpaired) electrons. The van der Waals surface area contributed by atoms with Gasteiger partial charge in [0.25, 0.3) is 11.6 Å². The minimum absolute atomic E-state index is 0.0141. The molecular weight excluding hydrogens is 320 g/mol. The lowest BCUT2D eigenvalue weighted by atomic mass is 10.2. The fourth-order valence-corrected chi connectivity index (χ4v) is 2.08. The first-order valence-electron chi connectivity index (χ1n) is 6.95. The Morgan fingerprint density at radius 1 is 1.26 bits per heavy atom. The lowest BCUT2D eigenvalue weighted by molar-refractivity contribution is -0.384. The molecule has 0 bridgehead atoms. The molecule has 1 N–H and O–H groups in total. The number of nitrogens with zero attached hydrogens (tertiary/aromatic N) is 1. The fraction of sp³-hybridized carbons (Fsp3) is 0.188. The number of nitro groups is 1. The van der Waals surface area contributed by atoms with Crippen molar-refractivity contribution < 1.29 is 14.5 Å². The molecule has 0 saturated carbocycles. The molecule has 23 heavy (non-hydrogen) atoms. The molecule has 2 rings (SSSR count). The van der Waals surface area contributed by atoms with Crippen LogP contribution in [0.1, 0.15) is 12.5 Å². The third-order valence-electron chi connectivity index (χ3n) is 3.13. The molecule has 0 spiro atoms. The molecule has 0 fully saturated rings. The Labute approximate surface area is 138 Å². The van der Waals surface area contributed by atoms with Crippen LogP contribution in [-0.2, 0) is 11.2 Å². The normalized spacial score (nSPS) is 10.2. The first-order chi connectivity index (χ1) is 11.0. The summed E-state index contributed by atoms with van der Waals surface area (Å²) in [6, 6.07) is 11.5. The predicted octanol–water partition coefficient (Wildman–Crippen LogP) is 3.83. The van der Waals surface area contributed by atoms with E-state index in [1.807, 2.05) is 12.1 Å².